The summed E-state index contributed by atoms with van der Waals surface area (Å²) in [6, 6.07) is 8.53. The molecule has 1 aliphatic rings. The van der Waals surface area contributed by atoms with Gasteiger partial charge in [-0.15, -0.1) is 0 Å². The van der Waals surface area contributed by atoms with E-state index in [4.69, 9.17) is 0 Å². The molecule has 0 amide bonds. The SMILES string of the molecule is OCCC1CN(c2ncccc2C(F)(F)F)CCN1Cc1ccccc1F. The molecule has 3 rings (SSSR count). The van der Waals surface area contributed by atoms with Crippen molar-refractivity contribution in [2.45, 2.75) is 25.2 Å². The number of hydrogen-bond donors (Lipinski definition) is 1. The lowest BCUT2D eigenvalue weighted by Gasteiger charge is -2.42. The minimum absolute atomic E-state index is 0.0966. The van der Waals surface area contributed by atoms with Crippen LogP contribution in [0.4, 0.5) is 23.4 Å². The molecule has 0 bridgehead atoms. The van der Waals surface area contributed by atoms with Gasteiger partial charge in [0.1, 0.15) is 11.6 Å². The van der Waals surface area contributed by atoms with Gasteiger partial charge >= 0.3 is 6.18 Å². The molecule has 0 saturated carbocycles. The first kappa shape index (κ1) is 19.6. The fourth-order valence-corrected chi connectivity index (χ4v) is 3.43. The van der Waals surface area contributed by atoms with E-state index in [9.17, 15) is 22.7 Å². The molecule has 1 unspecified atom stereocenters. The molecule has 1 aliphatic heterocycles. The number of hydrogen-bond acceptors (Lipinski definition) is 4. The Bertz CT molecular complexity index is 769. The average molecular weight is 383 g/mol. The molecule has 1 fully saturated rings. The molecule has 1 N–H and O–H groups in total. The van der Waals surface area contributed by atoms with Crippen molar-refractivity contribution in [2.75, 3.05) is 31.1 Å². The number of benzene rings is 1. The summed E-state index contributed by atoms with van der Waals surface area (Å²) in [6.07, 6.45) is -2.75. The summed E-state index contributed by atoms with van der Waals surface area (Å²) in [5, 5.41) is 9.38. The first-order valence-electron chi connectivity index (χ1n) is 8.75. The first-order valence-corrected chi connectivity index (χ1v) is 8.75. The summed E-state index contributed by atoms with van der Waals surface area (Å²) in [5.74, 6) is -0.412. The van der Waals surface area contributed by atoms with Gasteiger partial charge in [0.2, 0.25) is 0 Å². The van der Waals surface area contributed by atoms with Crippen LogP contribution in [-0.2, 0) is 12.7 Å². The third-order valence-corrected chi connectivity index (χ3v) is 4.79. The number of halogens is 4. The highest BCUT2D eigenvalue weighted by atomic mass is 19.4. The smallest absolute Gasteiger partial charge is 0.396 e. The standard InChI is InChI=1S/C19H21F4N3O/c20-17-6-2-1-4-14(17)12-25-9-10-26(13-15(25)7-11-27)18-16(19(21,22)23)5-3-8-24-18/h1-6,8,15,27H,7,9-13H2. The highest BCUT2D eigenvalue weighted by Crippen LogP contribution is 2.36. The number of piperazine rings is 1. The van der Waals surface area contributed by atoms with Crippen LogP contribution >= 0.6 is 0 Å². The van der Waals surface area contributed by atoms with Crippen molar-refractivity contribution in [3.05, 3.63) is 59.5 Å². The average Bonchev–Trinajstić information content (AvgIpc) is 2.64. The monoisotopic (exact) mass is 383 g/mol. The van der Waals surface area contributed by atoms with Crippen molar-refractivity contribution >= 4 is 5.82 Å². The van der Waals surface area contributed by atoms with Crippen LogP contribution in [0.1, 0.15) is 17.5 Å². The van der Waals surface area contributed by atoms with Gasteiger partial charge in [0.05, 0.1) is 5.56 Å². The van der Waals surface area contributed by atoms with E-state index < -0.39 is 11.7 Å². The van der Waals surface area contributed by atoms with E-state index in [-0.39, 0.29) is 30.8 Å². The highest BCUT2D eigenvalue weighted by Gasteiger charge is 2.37. The van der Waals surface area contributed by atoms with Gasteiger partial charge in [-0.25, -0.2) is 9.37 Å². The zero-order valence-corrected chi connectivity index (χ0v) is 14.7. The number of rotatable bonds is 5. The fourth-order valence-electron chi connectivity index (χ4n) is 3.43. The second-order valence-corrected chi connectivity index (χ2v) is 6.55. The second kappa shape index (κ2) is 8.22. The maximum Gasteiger partial charge on any atom is 0.419 e. The molecule has 4 nitrogen and oxygen atoms in total. The molecule has 0 radical (unpaired) electrons. The van der Waals surface area contributed by atoms with Crippen LogP contribution < -0.4 is 4.90 Å². The number of anilines is 1. The Balaban J connectivity index is 1.80. The fraction of sp³-hybridized carbons (Fsp3) is 0.421. The molecule has 0 spiro atoms. The summed E-state index contributed by atoms with van der Waals surface area (Å²) in [7, 11) is 0. The lowest BCUT2D eigenvalue weighted by molar-refractivity contribution is -0.137. The Hall–Kier alpha value is -2.19. The van der Waals surface area contributed by atoms with Crippen LogP contribution in [-0.4, -0.2) is 47.3 Å². The first-order chi connectivity index (χ1) is 12.9. The van der Waals surface area contributed by atoms with E-state index in [1.165, 1.54) is 18.3 Å². The molecule has 2 heterocycles. The van der Waals surface area contributed by atoms with E-state index in [1.807, 2.05) is 4.90 Å². The molecular weight excluding hydrogens is 362 g/mol. The Morgan fingerprint density at radius 1 is 1.11 bits per heavy atom. The van der Waals surface area contributed by atoms with E-state index in [0.717, 1.165) is 6.07 Å². The van der Waals surface area contributed by atoms with E-state index in [2.05, 4.69) is 4.98 Å². The van der Waals surface area contributed by atoms with Gasteiger partial charge in [-0.2, -0.15) is 13.2 Å². The third kappa shape index (κ3) is 4.56. The predicted molar refractivity (Wildman–Crippen MR) is 93.8 cm³/mol. The maximum absolute atomic E-state index is 14.0. The minimum atomic E-state index is -4.49. The van der Waals surface area contributed by atoms with Crippen LogP contribution in [0.3, 0.4) is 0 Å². The van der Waals surface area contributed by atoms with Crippen LogP contribution in [0, 0.1) is 5.82 Å². The maximum atomic E-state index is 14.0. The van der Waals surface area contributed by atoms with E-state index >= 15 is 0 Å². The lowest BCUT2D eigenvalue weighted by Crippen LogP contribution is -2.53. The molecule has 0 aliphatic carbocycles. The molecule has 146 valence electrons. The second-order valence-electron chi connectivity index (χ2n) is 6.55. The topological polar surface area (TPSA) is 39.6 Å². The van der Waals surface area contributed by atoms with Gasteiger partial charge in [-0.1, -0.05) is 18.2 Å². The molecule has 1 aromatic heterocycles. The van der Waals surface area contributed by atoms with Crippen molar-refractivity contribution in [1.29, 1.82) is 0 Å². The summed E-state index contributed by atoms with van der Waals surface area (Å²) in [5.41, 5.74) is -0.238. The number of nitrogens with zero attached hydrogens (tertiary/aromatic N) is 3. The van der Waals surface area contributed by atoms with Crippen molar-refractivity contribution < 1.29 is 22.7 Å². The Labute approximate surface area is 155 Å². The molecule has 1 saturated heterocycles. The quantitative estimate of drug-likeness (QED) is 0.805. The highest BCUT2D eigenvalue weighted by molar-refractivity contribution is 5.49. The minimum Gasteiger partial charge on any atom is -0.396 e. The zero-order valence-electron chi connectivity index (χ0n) is 14.7. The molecule has 1 atom stereocenters. The Morgan fingerprint density at radius 3 is 2.59 bits per heavy atom. The number of aliphatic hydroxyl groups is 1. The Kier molecular flexibility index (Phi) is 5.96. The van der Waals surface area contributed by atoms with Gasteiger partial charge < -0.3 is 10.0 Å². The van der Waals surface area contributed by atoms with Gasteiger partial charge in [0.15, 0.2) is 0 Å². The normalized spacial score (nSPS) is 18.7. The van der Waals surface area contributed by atoms with Crippen LogP contribution in [0.25, 0.3) is 0 Å². The van der Waals surface area contributed by atoms with Gasteiger partial charge in [0.25, 0.3) is 0 Å². The van der Waals surface area contributed by atoms with Crippen LogP contribution in [0.5, 0.6) is 0 Å². The molecule has 8 heteroatoms. The van der Waals surface area contributed by atoms with Crippen molar-refractivity contribution in [3.63, 3.8) is 0 Å². The molecule has 27 heavy (non-hydrogen) atoms. The summed E-state index contributed by atoms with van der Waals surface area (Å²) < 4.78 is 53.9. The number of alkyl halides is 3. The third-order valence-electron chi connectivity index (χ3n) is 4.79. The van der Waals surface area contributed by atoms with Crippen LogP contribution in [0.2, 0.25) is 0 Å². The number of aromatic nitrogens is 1. The molecule has 1 aromatic carbocycles. The van der Waals surface area contributed by atoms with Gasteiger partial charge in [0, 0.05) is 50.6 Å². The van der Waals surface area contributed by atoms with E-state index in [1.54, 1.807) is 23.1 Å². The van der Waals surface area contributed by atoms with Crippen molar-refractivity contribution in [3.8, 4) is 0 Å². The summed E-state index contributed by atoms with van der Waals surface area (Å²) in [4.78, 5) is 7.55. The van der Waals surface area contributed by atoms with Gasteiger partial charge in [-0.3, -0.25) is 4.90 Å². The number of aliphatic hydroxyl groups excluding tert-OH is 1. The Morgan fingerprint density at radius 2 is 1.89 bits per heavy atom. The lowest BCUT2D eigenvalue weighted by atomic mass is 10.1. The summed E-state index contributed by atoms with van der Waals surface area (Å²) >= 11 is 0. The van der Waals surface area contributed by atoms with Crippen molar-refractivity contribution in [2.24, 2.45) is 0 Å². The predicted octanol–water partition coefficient (Wildman–Crippen LogP) is 3.31. The van der Waals surface area contributed by atoms with Crippen LogP contribution in [0.15, 0.2) is 42.6 Å². The molecular formula is C19H21F4N3O. The largest absolute Gasteiger partial charge is 0.419 e. The summed E-state index contributed by atoms with van der Waals surface area (Å²) in [6.45, 7) is 1.33. The van der Waals surface area contributed by atoms with Crippen molar-refractivity contribution in [1.82, 2.24) is 9.88 Å². The zero-order chi connectivity index (χ0) is 19.4. The van der Waals surface area contributed by atoms with Gasteiger partial charge in [-0.05, 0) is 24.6 Å². The van der Waals surface area contributed by atoms with E-state index in [0.29, 0.717) is 31.6 Å². The number of pyridine rings is 1. The molecule has 2 aromatic rings.